The third kappa shape index (κ3) is 3.19. The van der Waals surface area contributed by atoms with Crippen molar-refractivity contribution in [1.82, 2.24) is 4.98 Å². The van der Waals surface area contributed by atoms with Gasteiger partial charge in [-0.15, -0.1) is 0 Å². The van der Waals surface area contributed by atoms with E-state index in [9.17, 15) is 19.7 Å². The van der Waals surface area contributed by atoms with Crippen molar-refractivity contribution in [3.05, 3.63) is 75.5 Å². The van der Waals surface area contributed by atoms with Crippen LogP contribution in [0, 0.1) is 17.0 Å². The number of benzene rings is 2. The van der Waals surface area contributed by atoms with Crippen molar-refractivity contribution in [2.45, 2.75) is 20.0 Å². The van der Waals surface area contributed by atoms with Crippen molar-refractivity contribution in [2.24, 2.45) is 0 Å². The number of nitro groups is 1. The van der Waals surface area contributed by atoms with Gasteiger partial charge in [-0.2, -0.15) is 0 Å². The van der Waals surface area contributed by atoms with Gasteiger partial charge in [0.15, 0.2) is 6.10 Å². The minimum atomic E-state index is -0.990. The zero-order valence-corrected chi connectivity index (χ0v) is 14.2. The third-order valence-corrected chi connectivity index (χ3v) is 4.11. The number of H-pyrrole nitrogens is 1. The molecule has 1 aromatic heterocycles. The summed E-state index contributed by atoms with van der Waals surface area (Å²) in [6, 6.07) is 12.4. The molecule has 2 aromatic carbocycles. The molecular weight excluding hydrogens is 336 g/mol. The maximum atomic E-state index is 12.8. The van der Waals surface area contributed by atoms with Crippen LogP contribution in [0.3, 0.4) is 0 Å². The Labute approximate surface area is 148 Å². The largest absolute Gasteiger partial charge is 0.451 e. The van der Waals surface area contributed by atoms with Gasteiger partial charge in [0.25, 0.3) is 5.69 Å². The Bertz CT molecular complexity index is 1000. The summed E-state index contributed by atoms with van der Waals surface area (Å²) in [4.78, 5) is 38.2. The van der Waals surface area contributed by atoms with Crippen molar-refractivity contribution >= 4 is 28.3 Å². The number of esters is 1. The number of fused-ring (bicyclic) bond motifs is 1. The maximum absolute atomic E-state index is 12.8. The van der Waals surface area contributed by atoms with Gasteiger partial charge in [0.2, 0.25) is 5.78 Å². The zero-order chi connectivity index (χ0) is 18.8. The van der Waals surface area contributed by atoms with E-state index in [1.165, 1.54) is 31.2 Å². The van der Waals surface area contributed by atoms with Crippen LogP contribution in [0.1, 0.15) is 33.3 Å². The van der Waals surface area contributed by atoms with Crippen LogP contribution in [-0.2, 0) is 4.74 Å². The van der Waals surface area contributed by atoms with Gasteiger partial charge in [0.05, 0.1) is 10.5 Å². The summed E-state index contributed by atoms with van der Waals surface area (Å²) in [5.74, 6) is -1.02. The number of hydrogen-bond acceptors (Lipinski definition) is 5. The zero-order valence-electron chi connectivity index (χ0n) is 14.2. The number of para-hydroxylation sites is 1. The number of nitro benzene ring substituents is 1. The van der Waals surface area contributed by atoms with Gasteiger partial charge in [-0.1, -0.05) is 18.2 Å². The number of carbonyl (C=O) groups is 2. The number of carbonyl (C=O) groups excluding carboxylic acids is 2. The summed E-state index contributed by atoms with van der Waals surface area (Å²) in [7, 11) is 0. The van der Waals surface area contributed by atoms with Crippen LogP contribution in [0.4, 0.5) is 5.69 Å². The summed E-state index contributed by atoms with van der Waals surface area (Å²) in [6.07, 6.45) is -0.990. The molecule has 3 aromatic rings. The molecule has 132 valence electrons. The molecule has 7 nitrogen and oxygen atoms in total. The molecule has 0 saturated heterocycles. The van der Waals surface area contributed by atoms with Crippen molar-refractivity contribution in [2.75, 3.05) is 0 Å². The number of ether oxygens (including phenoxy) is 1. The first-order valence-electron chi connectivity index (χ1n) is 7.95. The Balaban J connectivity index is 1.79. The first-order valence-corrected chi connectivity index (χ1v) is 7.95. The predicted molar refractivity (Wildman–Crippen MR) is 95.3 cm³/mol. The van der Waals surface area contributed by atoms with Crippen molar-refractivity contribution in [1.29, 1.82) is 0 Å². The highest BCUT2D eigenvalue weighted by Crippen LogP contribution is 2.24. The summed E-state index contributed by atoms with van der Waals surface area (Å²) >= 11 is 0. The molecular formula is C19H16N2O5. The molecule has 26 heavy (non-hydrogen) atoms. The Morgan fingerprint density at radius 3 is 2.42 bits per heavy atom. The number of rotatable bonds is 5. The number of nitrogens with one attached hydrogen (secondary N) is 1. The molecule has 3 rings (SSSR count). The number of aromatic amines is 1. The van der Waals surface area contributed by atoms with Crippen LogP contribution < -0.4 is 0 Å². The van der Waals surface area contributed by atoms with Crippen LogP contribution in [-0.4, -0.2) is 27.8 Å². The number of ketones is 1. The van der Waals surface area contributed by atoms with Crippen molar-refractivity contribution in [3.63, 3.8) is 0 Å². The molecule has 1 N–H and O–H groups in total. The highest BCUT2D eigenvalue weighted by molar-refractivity contribution is 6.11. The molecule has 1 atom stereocenters. The van der Waals surface area contributed by atoms with Gasteiger partial charge in [0.1, 0.15) is 0 Å². The van der Waals surface area contributed by atoms with Gasteiger partial charge < -0.3 is 9.72 Å². The molecule has 0 unspecified atom stereocenters. The first-order chi connectivity index (χ1) is 12.4. The molecule has 0 aliphatic rings. The van der Waals surface area contributed by atoms with E-state index in [0.717, 1.165) is 10.9 Å². The number of hydrogen-bond donors (Lipinski definition) is 1. The second kappa shape index (κ2) is 6.79. The van der Waals surface area contributed by atoms with Gasteiger partial charge >= 0.3 is 5.97 Å². The molecule has 1 heterocycles. The van der Waals surface area contributed by atoms with Crippen molar-refractivity contribution in [3.8, 4) is 0 Å². The van der Waals surface area contributed by atoms with E-state index in [-0.39, 0.29) is 17.0 Å². The second-order valence-corrected chi connectivity index (χ2v) is 5.89. The van der Waals surface area contributed by atoms with Crippen LogP contribution in [0.2, 0.25) is 0 Å². The molecule has 0 radical (unpaired) electrons. The Morgan fingerprint density at radius 2 is 1.77 bits per heavy atom. The van der Waals surface area contributed by atoms with E-state index in [1.807, 2.05) is 24.3 Å². The lowest BCUT2D eigenvalue weighted by Crippen LogP contribution is -2.24. The van der Waals surface area contributed by atoms with E-state index in [2.05, 4.69) is 4.98 Å². The van der Waals surface area contributed by atoms with Crippen LogP contribution in [0.25, 0.3) is 10.9 Å². The number of nitrogens with zero attached hydrogens (tertiary/aromatic N) is 1. The number of non-ortho nitro benzene ring substituents is 1. The number of aryl methyl sites for hydroxylation is 1. The lowest BCUT2D eigenvalue weighted by molar-refractivity contribution is -0.384. The average molecular weight is 352 g/mol. The quantitative estimate of drug-likeness (QED) is 0.325. The van der Waals surface area contributed by atoms with Gasteiger partial charge in [0, 0.05) is 34.3 Å². The molecule has 0 fully saturated rings. The lowest BCUT2D eigenvalue weighted by Gasteiger charge is -2.12. The van der Waals surface area contributed by atoms with Crippen LogP contribution in [0.15, 0.2) is 48.5 Å². The van der Waals surface area contributed by atoms with Gasteiger partial charge in [-0.25, -0.2) is 4.79 Å². The van der Waals surface area contributed by atoms with Gasteiger partial charge in [-0.05, 0) is 32.0 Å². The molecule has 0 spiro atoms. The maximum Gasteiger partial charge on any atom is 0.338 e. The summed E-state index contributed by atoms with van der Waals surface area (Å²) in [5, 5.41) is 11.4. The fraction of sp³-hybridized carbons (Fsp3) is 0.158. The fourth-order valence-corrected chi connectivity index (χ4v) is 2.80. The molecule has 0 bridgehead atoms. The monoisotopic (exact) mass is 352 g/mol. The summed E-state index contributed by atoms with van der Waals surface area (Å²) in [6.45, 7) is 3.30. The average Bonchev–Trinajstić information content (AvgIpc) is 2.96. The summed E-state index contributed by atoms with van der Waals surface area (Å²) in [5.41, 5.74) is 2.05. The summed E-state index contributed by atoms with van der Waals surface area (Å²) < 4.78 is 5.25. The minimum Gasteiger partial charge on any atom is -0.451 e. The highest BCUT2D eigenvalue weighted by Gasteiger charge is 2.25. The van der Waals surface area contributed by atoms with Crippen LogP contribution in [0.5, 0.6) is 0 Å². The van der Waals surface area contributed by atoms with E-state index >= 15 is 0 Å². The molecule has 0 saturated carbocycles. The minimum absolute atomic E-state index is 0.125. The third-order valence-electron chi connectivity index (χ3n) is 4.11. The Kier molecular flexibility index (Phi) is 4.53. The number of Topliss-reactive ketones (excluding diaryl/α,β-unsaturated/α-hetero) is 1. The molecule has 0 amide bonds. The van der Waals surface area contributed by atoms with Gasteiger partial charge in [-0.3, -0.25) is 14.9 Å². The Hall–Kier alpha value is -3.48. The van der Waals surface area contributed by atoms with Crippen LogP contribution >= 0.6 is 0 Å². The van der Waals surface area contributed by atoms with Crippen molar-refractivity contribution < 1.29 is 19.2 Å². The molecule has 0 aliphatic heterocycles. The molecule has 0 aliphatic carbocycles. The van der Waals surface area contributed by atoms with E-state index in [1.54, 1.807) is 6.92 Å². The topological polar surface area (TPSA) is 102 Å². The number of aromatic nitrogens is 1. The van der Waals surface area contributed by atoms with E-state index < -0.39 is 17.0 Å². The second-order valence-electron chi connectivity index (χ2n) is 5.89. The van der Waals surface area contributed by atoms with E-state index in [4.69, 9.17) is 4.74 Å². The predicted octanol–water partition coefficient (Wildman–Crippen LogP) is 3.81. The van der Waals surface area contributed by atoms with E-state index in [0.29, 0.717) is 11.3 Å². The SMILES string of the molecule is Cc1[nH]c2ccccc2c1C(=O)[C@@H](C)OC(=O)c1ccc([N+](=O)[O-])cc1. The molecule has 7 heteroatoms. The first kappa shape index (κ1) is 17.3. The lowest BCUT2D eigenvalue weighted by atomic mass is 10.0. The highest BCUT2D eigenvalue weighted by atomic mass is 16.6. The normalized spacial score (nSPS) is 11.9. The fourth-order valence-electron chi connectivity index (χ4n) is 2.80. The standard InChI is InChI=1S/C19H16N2O5/c1-11-17(15-5-3-4-6-16(15)20-11)18(22)12(2)26-19(23)13-7-9-14(10-8-13)21(24)25/h3-10,12,20H,1-2H3/t12-/m1/s1. The Morgan fingerprint density at radius 1 is 1.12 bits per heavy atom. The smallest absolute Gasteiger partial charge is 0.338 e.